The fourth-order valence-electron chi connectivity index (χ4n) is 3.97. The summed E-state index contributed by atoms with van der Waals surface area (Å²) in [6, 6.07) is 27.9. The zero-order chi connectivity index (χ0) is 24.9. The molecular formula is C29H25N5OS. The lowest BCUT2D eigenvalue weighted by molar-refractivity contribution is -0.113. The highest BCUT2D eigenvalue weighted by Gasteiger charge is 2.18. The number of pyridine rings is 1. The van der Waals surface area contributed by atoms with Crippen LogP contribution in [0.4, 0.5) is 5.69 Å². The monoisotopic (exact) mass is 491 g/mol. The van der Waals surface area contributed by atoms with Crippen molar-refractivity contribution >= 4 is 34.3 Å². The highest BCUT2D eigenvalue weighted by molar-refractivity contribution is 7.99. The van der Waals surface area contributed by atoms with E-state index in [-0.39, 0.29) is 11.7 Å². The number of carbonyl (C=O) groups is 1. The SMILES string of the molecule is C=CCn1c(SCC(=O)Nc2ccc(C)cc2)nnc1-c1cc(-c2ccccc2)nc2ccccc12. The van der Waals surface area contributed by atoms with Crippen LogP contribution in [0.15, 0.2) is 103 Å². The van der Waals surface area contributed by atoms with E-state index in [1.54, 1.807) is 0 Å². The lowest BCUT2D eigenvalue weighted by Gasteiger charge is -2.12. The van der Waals surface area contributed by atoms with E-state index < -0.39 is 0 Å². The minimum atomic E-state index is -0.0979. The number of thioether (sulfide) groups is 1. The summed E-state index contributed by atoms with van der Waals surface area (Å²) in [7, 11) is 0. The van der Waals surface area contributed by atoms with Crippen LogP contribution in [0.2, 0.25) is 0 Å². The summed E-state index contributed by atoms with van der Waals surface area (Å²) in [5.74, 6) is 0.835. The Bertz CT molecular complexity index is 1530. The molecule has 36 heavy (non-hydrogen) atoms. The molecule has 2 aromatic heterocycles. The second-order valence-electron chi connectivity index (χ2n) is 8.35. The molecule has 1 N–H and O–H groups in total. The summed E-state index contributed by atoms with van der Waals surface area (Å²) in [6.07, 6.45) is 1.81. The molecule has 0 aliphatic carbocycles. The number of aromatic nitrogens is 4. The predicted octanol–water partition coefficient (Wildman–Crippen LogP) is 6.39. The van der Waals surface area contributed by atoms with Gasteiger partial charge in [-0.2, -0.15) is 0 Å². The molecule has 0 bridgehead atoms. The highest BCUT2D eigenvalue weighted by atomic mass is 32.2. The summed E-state index contributed by atoms with van der Waals surface area (Å²) in [6.45, 7) is 6.45. The molecule has 0 fully saturated rings. The number of benzene rings is 3. The number of nitrogens with zero attached hydrogens (tertiary/aromatic N) is 4. The number of carbonyl (C=O) groups excluding carboxylic acids is 1. The lowest BCUT2D eigenvalue weighted by Crippen LogP contribution is -2.14. The Hall–Kier alpha value is -4.23. The predicted molar refractivity (Wildman–Crippen MR) is 147 cm³/mol. The molecule has 7 heteroatoms. The van der Waals surface area contributed by atoms with Crippen molar-refractivity contribution in [2.24, 2.45) is 0 Å². The van der Waals surface area contributed by atoms with Crippen LogP contribution in [0.3, 0.4) is 0 Å². The molecule has 0 aliphatic rings. The Morgan fingerprint density at radius 1 is 1.00 bits per heavy atom. The van der Waals surface area contributed by atoms with Gasteiger partial charge in [0.1, 0.15) is 0 Å². The molecule has 3 aromatic carbocycles. The number of rotatable bonds is 8. The van der Waals surface area contributed by atoms with Crippen molar-refractivity contribution in [1.82, 2.24) is 19.7 Å². The molecule has 1 amide bonds. The van der Waals surface area contributed by atoms with Gasteiger partial charge in [-0.1, -0.05) is 84.1 Å². The second-order valence-corrected chi connectivity index (χ2v) is 9.29. The number of nitrogens with one attached hydrogen (secondary N) is 1. The molecule has 0 spiro atoms. The van der Waals surface area contributed by atoms with Crippen LogP contribution < -0.4 is 5.32 Å². The molecule has 5 rings (SSSR count). The topological polar surface area (TPSA) is 72.7 Å². The Morgan fingerprint density at radius 2 is 1.75 bits per heavy atom. The van der Waals surface area contributed by atoms with Gasteiger partial charge in [-0.05, 0) is 31.2 Å². The highest BCUT2D eigenvalue weighted by Crippen LogP contribution is 2.33. The Labute approximate surface area is 214 Å². The minimum absolute atomic E-state index is 0.0979. The van der Waals surface area contributed by atoms with Crippen LogP contribution in [0, 0.1) is 6.92 Å². The number of hydrogen-bond acceptors (Lipinski definition) is 5. The van der Waals surface area contributed by atoms with Gasteiger partial charge in [0.05, 0.1) is 17.0 Å². The van der Waals surface area contributed by atoms with Crippen molar-refractivity contribution in [1.29, 1.82) is 0 Å². The molecule has 2 heterocycles. The lowest BCUT2D eigenvalue weighted by atomic mass is 10.0. The van der Waals surface area contributed by atoms with Crippen molar-refractivity contribution in [2.75, 3.05) is 11.1 Å². The molecule has 0 saturated heterocycles. The van der Waals surface area contributed by atoms with Gasteiger partial charge >= 0.3 is 0 Å². The summed E-state index contributed by atoms with van der Waals surface area (Å²) in [5, 5.41) is 13.6. The van der Waals surface area contributed by atoms with E-state index in [0.29, 0.717) is 17.5 Å². The number of anilines is 1. The quantitative estimate of drug-likeness (QED) is 0.201. The number of hydrogen-bond donors (Lipinski definition) is 1. The van der Waals surface area contributed by atoms with E-state index in [1.807, 2.05) is 96.4 Å². The first-order chi connectivity index (χ1) is 17.6. The summed E-state index contributed by atoms with van der Waals surface area (Å²) < 4.78 is 1.99. The summed E-state index contributed by atoms with van der Waals surface area (Å²) >= 11 is 1.35. The first-order valence-electron chi connectivity index (χ1n) is 11.6. The molecule has 6 nitrogen and oxygen atoms in total. The van der Waals surface area contributed by atoms with Gasteiger partial charge in [-0.15, -0.1) is 16.8 Å². The maximum atomic E-state index is 12.6. The Kier molecular flexibility index (Phi) is 6.91. The van der Waals surface area contributed by atoms with Gasteiger partial charge in [0.25, 0.3) is 0 Å². The van der Waals surface area contributed by atoms with Crippen molar-refractivity contribution in [3.05, 3.63) is 103 Å². The number of para-hydroxylation sites is 1. The molecule has 5 aromatic rings. The maximum absolute atomic E-state index is 12.6. The van der Waals surface area contributed by atoms with E-state index >= 15 is 0 Å². The number of allylic oxidation sites excluding steroid dienone is 1. The summed E-state index contributed by atoms with van der Waals surface area (Å²) in [5.41, 5.74) is 5.63. The van der Waals surface area contributed by atoms with Crippen molar-refractivity contribution in [2.45, 2.75) is 18.6 Å². The van der Waals surface area contributed by atoms with E-state index in [4.69, 9.17) is 4.98 Å². The fourth-order valence-corrected chi connectivity index (χ4v) is 4.72. The van der Waals surface area contributed by atoms with Crippen LogP contribution in [0.5, 0.6) is 0 Å². The van der Waals surface area contributed by atoms with Crippen LogP contribution in [-0.2, 0) is 11.3 Å². The maximum Gasteiger partial charge on any atom is 0.234 e. The molecule has 0 saturated carbocycles. The third kappa shape index (κ3) is 5.06. The molecular weight excluding hydrogens is 466 g/mol. The number of fused-ring (bicyclic) bond motifs is 1. The van der Waals surface area contributed by atoms with Gasteiger partial charge in [0.15, 0.2) is 11.0 Å². The second kappa shape index (κ2) is 10.6. The smallest absolute Gasteiger partial charge is 0.234 e. The zero-order valence-corrected chi connectivity index (χ0v) is 20.7. The largest absolute Gasteiger partial charge is 0.325 e. The molecule has 178 valence electrons. The molecule has 0 atom stereocenters. The third-order valence-electron chi connectivity index (χ3n) is 5.72. The van der Waals surface area contributed by atoms with Crippen molar-refractivity contribution < 1.29 is 4.79 Å². The van der Waals surface area contributed by atoms with Crippen molar-refractivity contribution in [3.8, 4) is 22.6 Å². The van der Waals surface area contributed by atoms with Crippen LogP contribution in [-0.4, -0.2) is 31.4 Å². The number of amides is 1. The van der Waals surface area contributed by atoms with Crippen molar-refractivity contribution in [3.63, 3.8) is 0 Å². The van der Waals surface area contributed by atoms with Gasteiger partial charge in [0, 0.05) is 28.7 Å². The number of aryl methyl sites for hydroxylation is 1. The van der Waals surface area contributed by atoms with Gasteiger partial charge in [-0.25, -0.2) is 4.98 Å². The van der Waals surface area contributed by atoms with Gasteiger partial charge in [0.2, 0.25) is 5.91 Å². The first-order valence-corrected chi connectivity index (χ1v) is 12.6. The standard InChI is InChI=1S/C29H25N5OS/c1-3-17-34-28(32-33-29(34)36-19-27(35)30-22-15-13-20(2)14-16-22)24-18-26(21-9-5-4-6-10-21)31-25-12-8-7-11-23(24)25/h3-16,18H,1,17,19H2,2H3,(H,30,35). The molecule has 0 radical (unpaired) electrons. The Balaban J connectivity index is 1.47. The van der Waals surface area contributed by atoms with Gasteiger partial charge < -0.3 is 5.32 Å². The minimum Gasteiger partial charge on any atom is -0.325 e. The van der Waals surface area contributed by atoms with E-state index in [0.717, 1.165) is 39.0 Å². The van der Waals surface area contributed by atoms with Gasteiger partial charge in [-0.3, -0.25) is 9.36 Å². The average Bonchev–Trinajstić information content (AvgIpc) is 3.31. The molecule has 0 aliphatic heterocycles. The first kappa shape index (κ1) is 23.5. The Morgan fingerprint density at radius 3 is 2.53 bits per heavy atom. The molecule has 0 unspecified atom stereocenters. The van der Waals surface area contributed by atoms with Crippen LogP contribution in [0.1, 0.15) is 5.56 Å². The normalized spacial score (nSPS) is 10.9. The fraction of sp³-hybridized carbons (Fsp3) is 0.103. The average molecular weight is 492 g/mol. The summed E-state index contributed by atoms with van der Waals surface area (Å²) in [4.78, 5) is 17.5. The third-order valence-corrected chi connectivity index (χ3v) is 6.69. The van der Waals surface area contributed by atoms with E-state index in [1.165, 1.54) is 11.8 Å². The zero-order valence-electron chi connectivity index (χ0n) is 19.9. The van der Waals surface area contributed by atoms with E-state index in [2.05, 4.69) is 28.2 Å². The van der Waals surface area contributed by atoms with Crippen LogP contribution in [0.25, 0.3) is 33.5 Å². The van der Waals surface area contributed by atoms with Crippen LogP contribution >= 0.6 is 11.8 Å². The van der Waals surface area contributed by atoms with E-state index in [9.17, 15) is 4.79 Å².